The minimum absolute atomic E-state index is 0.0106. The summed E-state index contributed by atoms with van der Waals surface area (Å²) in [7, 11) is -3.53. The Balaban J connectivity index is 1.81. The molecular formula is C13H19N3O3S. The van der Waals surface area contributed by atoms with E-state index in [2.05, 4.69) is 10.0 Å². The third-order valence-corrected chi connectivity index (χ3v) is 4.61. The van der Waals surface area contributed by atoms with Crippen molar-refractivity contribution in [2.24, 2.45) is 11.7 Å². The van der Waals surface area contributed by atoms with Gasteiger partial charge in [-0.1, -0.05) is 12.1 Å². The van der Waals surface area contributed by atoms with Gasteiger partial charge in [-0.2, -0.15) is 0 Å². The molecule has 0 heterocycles. The van der Waals surface area contributed by atoms with Gasteiger partial charge >= 0.3 is 0 Å². The topological polar surface area (TPSA) is 101 Å². The van der Waals surface area contributed by atoms with Crippen LogP contribution in [-0.4, -0.2) is 27.4 Å². The number of amides is 1. The predicted octanol–water partition coefficient (Wildman–Crippen LogP) is -0.0502. The van der Waals surface area contributed by atoms with E-state index >= 15 is 0 Å². The highest BCUT2D eigenvalue weighted by Gasteiger charge is 2.29. The largest absolute Gasteiger partial charge is 0.355 e. The van der Waals surface area contributed by atoms with Crippen molar-refractivity contribution in [3.63, 3.8) is 0 Å². The fraction of sp³-hybridized carbons (Fsp3) is 0.462. The Kier molecular flexibility index (Phi) is 4.74. The van der Waals surface area contributed by atoms with Gasteiger partial charge in [0.15, 0.2) is 0 Å². The Bertz CT molecular complexity index is 565. The van der Waals surface area contributed by atoms with Crippen LogP contribution in [0, 0.1) is 5.92 Å². The Morgan fingerprint density at radius 2 is 1.85 bits per heavy atom. The first kappa shape index (κ1) is 15.0. The Hall–Kier alpha value is -1.44. The van der Waals surface area contributed by atoms with Gasteiger partial charge in [-0.15, -0.1) is 0 Å². The van der Waals surface area contributed by atoms with Crippen molar-refractivity contribution < 1.29 is 13.2 Å². The van der Waals surface area contributed by atoms with Crippen molar-refractivity contribution in [1.29, 1.82) is 0 Å². The zero-order valence-corrected chi connectivity index (χ0v) is 11.9. The third kappa shape index (κ3) is 4.03. The second-order valence-electron chi connectivity index (χ2n) is 4.81. The van der Waals surface area contributed by atoms with Crippen molar-refractivity contribution in [3.8, 4) is 0 Å². The summed E-state index contributed by atoms with van der Waals surface area (Å²) in [6, 6.07) is 6.41. The molecule has 7 heteroatoms. The fourth-order valence-corrected chi connectivity index (χ4v) is 2.78. The molecule has 0 aliphatic heterocycles. The molecule has 1 aromatic carbocycles. The second kappa shape index (κ2) is 6.34. The number of nitrogens with one attached hydrogen (secondary N) is 2. The van der Waals surface area contributed by atoms with Crippen LogP contribution < -0.4 is 15.8 Å². The maximum Gasteiger partial charge on any atom is 0.240 e. The predicted molar refractivity (Wildman–Crippen MR) is 75.3 cm³/mol. The lowest BCUT2D eigenvalue weighted by Gasteiger charge is -2.08. The molecule has 6 nitrogen and oxygen atoms in total. The molecule has 0 spiro atoms. The smallest absolute Gasteiger partial charge is 0.240 e. The molecular weight excluding hydrogens is 278 g/mol. The van der Waals surface area contributed by atoms with Gasteiger partial charge in [-0.25, -0.2) is 13.1 Å². The summed E-state index contributed by atoms with van der Waals surface area (Å²) >= 11 is 0. The summed E-state index contributed by atoms with van der Waals surface area (Å²) in [6.45, 7) is 0.857. The molecule has 1 aliphatic carbocycles. The van der Waals surface area contributed by atoms with Crippen molar-refractivity contribution in [3.05, 3.63) is 29.8 Å². The monoisotopic (exact) mass is 297 g/mol. The van der Waals surface area contributed by atoms with Gasteiger partial charge < -0.3 is 11.1 Å². The highest BCUT2D eigenvalue weighted by molar-refractivity contribution is 7.89. The van der Waals surface area contributed by atoms with Crippen LogP contribution in [0.3, 0.4) is 0 Å². The first-order valence-electron chi connectivity index (χ1n) is 6.59. The average molecular weight is 297 g/mol. The van der Waals surface area contributed by atoms with Crippen LogP contribution in [0.25, 0.3) is 0 Å². The highest BCUT2D eigenvalue weighted by atomic mass is 32.2. The standard InChI is InChI=1S/C13H19N3O3S/c14-9-10-1-5-12(6-2-10)20(18,19)16-8-7-15-13(17)11-3-4-11/h1-2,5-6,11,16H,3-4,7-9,14H2,(H,15,17). The van der Waals surface area contributed by atoms with Gasteiger partial charge in [0.05, 0.1) is 4.90 Å². The zero-order chi connectivity index (χ0) is 14.6. The SMILES string of the molecule is NCc1ccc(S(=O)(=O)NCCNC(=O)C2CC2)cc1. The van der Waals surface area contributed by atoms with E-state index < -0.39 is 10.0 Å². The number of hydrogen-bond donors (Lipinski definition) is 3. The molecule has 0 saturated heterocycles. The lowest BCUT2D eigenvalue weighted by molar-refractivity contribution is -0.122. The summed E-state index contributed by atoms with van der Waals surface area (Å²) in [5.74, 6) is 0.145. The molecule has 1 saturated carbocycles. The molecule has 110 valence electrons. The molecule has 1 aromatic rings. The summed E-state index contributed by atoms with van der Waals surface area (Å²) < 4.78 is 26.4. The second-order valence-corrected chi connectivity index (χ2v) is 6.58. The van der Waals surface area contributed by atoms with E-state index in [4.69, 9.17) is 5.73 Å². The van der Waals surface area contributed by atoms with Crippen molar-refractivity contribution in [2.75, 3.05) is 13.1 Å². The average Bonchev–Trinajstić information content (AvgIpc) is 3.28. The van der Waals surface area contributed by atoms with Crippen LogP contribution >= 0.6 is 0 Å². The maximum atomic E-state index is 12.0. The quantitative estimate of drug-likeness (QED) is 0.614. The number of rotatable bonds is 7. The van der Waals surface area contributed by atoms with E-state index in [9.17, 15) is 13.2 Å². The van der Waals surface area contributed by atoms with Crippen LogP contribution in [0.1, 0.15) is 18.4 Å². The number of sulfonamides is 1. The number of nitrogens with two attached hydrogens (primary N) is 1. The van der Waals surface area contributed by atoms with E-state index in [1.807, 2.05) is 0 Å². The molecule has 1 amide bonds. The summed E-state index contributed by atoms with van der Waals surface area (Å²) in [4.78, 5) is 11.6. The third-order valence-electron chi connectivity index (χ3n) is 3.13. The first-order valence-corrected chi connectivity index (χ1v) is 8.07. The normalized spacial score (nSPS) is 15.1. The summed E-state index contributed by atoms with van der Waals surface area (Å²) in [5.41, 5.74) is 6.34. The lowest BCUT2D eigenvalue weighted by atomic mass is 10.2. The van der Waals surface area contributed by atoms with Gasteiger partial charge in [-0.3, -0.25) is 4.79 Å². The molecule has 20 heavy (non-hydrogen) atoms. The van der Waals surface area contributed by atoms with Gasteiger partial charge in [0, 0.05) is 25.6 Å². The summed E-state index contributed by atoms with van der Waals surface area (Å²) in [6.07, 6.45) is 1.87. The van der Waals surface area contributed by atoms with Crippen LogP contribution in [-0.2, 0) is 21.4 Å². The molecule has 0 unspecified atom stereocenters. The molecule has 1 fully saturated rings. The zero-order valence-electron chi connectivity index (χ0n) is 11.1. The molecule has 0 radical (unpaired) electrons. The van der Waals surface area contributed by atoms with Crippen LogP contribution in [0.15, 0.2) is 29.2 Å². The number of carbonyl (C=O) groups is 1. The van der Waals surface area contributed by atoms with Crippen molar-refractivity contribution in [2.45, 2.75) is 24.3 Å². The number of hydrogen-bond acceptors (Lipinski definition) is 4. The molecule has 0 atom stereocenters. The minimum Gasteiger partial charge on any atom is -0.355 e. The van der Waals surface area contributed by atoms with E-state index in [0.29, 0.717) is 13.1 Å². The van der Waals surface area contributed by atoms with Crippen LogP contribution in [0.4, 0.5) is 0 Å². The van der Waals surface area contributed by atoms with Crippen molar-refractivity contribution in [1.82, 2.24) is 10.0 Å². The molecule has 2 rings (SSSR count). The van der Waals surface area contributed by atoms with Gasteiger partial charge in [-0.05, 0) is 30.5 Å². The first-order chi connectivity index (χ1) is 9.53. The Morgan fingerprint density at radius 1 is 1.20 bits per heavy atom. The highest BCUT2D eigenvalue weighted by Crippen LogP contribution is 2.28. The van der Waals surface area contributed by atoms with E-state index in [1.165, 1.54) is 12.1 Å². The molecule has 0 aromatic heterocycles. The van der Waals surface area contributed by atoms with Crippen LogP contribution in [0.2, 0.25) is 0 Å². The van der Waals surface area contributed by atoms with E-state index in [0.717, 1.165) is 18.4 Å². The molecule has 0 bridgehead atoms. The van der Waals surface area contributed by atoms with Gasteiger partial charge in [0.2, 0.25) is 15.9 Å². The van der Waals surface area contributed by atoms with Gasteiger partial charge in [0.1, 0.15) is 0 Å². The number of benzene rings is 1. The van der Waals surface area contributed by atoms with E-state index in [-0.39, 0.29) is 23.3 Å². The lowest BCUT2D eigenvalue weighted by Crippen LogP contribution is -2.35. The number of carbonyl (C=O) groups excluding carboxylic acids is 1. The Labute approximate surface area is 118 Å². The molecule has 4 N–H and O–H groups in total. The van der Waals surface area contributed by atoms with Gasteiger partial charge in [0.25, 0.3) is 0 Å². The van der Waals surface area contributed by atoms with Crippen molar-refractivity contribution >= 4 is 15.9 Å². The fourth-order valence-electron chi connectivity index (χ4n) is 1.75. The van der Waals surface area contributed by atoms with E-state index in [1.54, 1.807) is 12.1 Å². The minimum atomic E-state index is -3.53. The Morgan fingerprint density at radius 3 is 2.40 bits per heavy atom. The maximum absolute atomic E-state index is 12.0. The summed E-state index contributed by atoms with van der Waals surface area (Å²) in [5, 5.41) is 2.70. The molecule has 1 aliphatic rings. The van der Waals surface area contributed by atoms with Crippen LogP contribution in [0.5, 0.6) is 0 Å².